The lowest BCUT2D eigenvalue weighted by Gasteiger charge is -2.43. The quantitative estimate of drug-likeness (QED) is 0.0527. The molecule has 3 aromatic rings. The molecule has 0 radical (unpaired) electrons. The van der Waals surface area contributed by atoms with Gasteiger partial charge < -0.3 is 23.5 Å². The molecule has 0 unspecified atom stereocenters. The lowest BCUT2D eigenvalue weighted by atomic mass is 9.96. The average molecular weight is 672 g/mol. The zero-order chi connectivity index (χ0) is 34.5. The van der Waals surface area contributed by atoms with E-state index in [0.29, 0.717) is 44.3 Å². The van der Waals surface area contributed by atoms with Gasteiger partial charge in [-0.05, 0) is 55.0 Å². The number of benzene rings is 3. The second kappa shape index (κ2) is 17.8. The molecule has 4 rings (SSSR count). The standard InChI is InChI=1S/C39H49NO7Si/c1-6-45-39(43)40(48(3,4)5)37-33(21-15-7-8-16-22-36(41)44-2)34(27-35(37)47-38(42)32-19-13-10-14-20-32)46-28-29-23-25-31(26-24-29)30-17-11-9-12-18-30/h7,9-15,17-20,23-26,33-35,37H,6,8,16,21-22,27-28H2,1-5H3/b15-7-/t33-,34-,35+,37+/m0/s1. The van der Waals surface area contributed by atoms with Crippen LogP contribution in [0, 0.1) is 5.92 Å². The van der Waals surface area contributed by atoms with Crippen LogP contribution in [0.25, 0.3) is 11.1 Å². The van der Waals surface area contributed by atoms with Gasteiger partial charge in [-0.1, -0.05) is 105 Å². The van der Waals surface area contributed by atoms with Crippen molar-refractivity contribution in [1.29, 1.82) is 0 Å². The highest BCUT2D eigenvalue weighted by Gasteiger charge is 2.52. The van der Waals surface area contributed by atoms with Gasteiger partial charge in [0.25, 0.3) is 0 Å². The van der Waals surface area contributed by atoms with Crippen molar-refractivity contribution in [2.45, 2.75) is 83.5 Å². The molecule has 0 aliphatic heterocycles. The van der Waals surface area contributed by atoms with Gasteiger partial charge >= 0.3 is 18.0 Å². The van der Waals surface area contributed by atoms with Crippen LogP contribution in [0.3, 0.4) is 0 Å². The lowest BCUT2D eigenvalue weighted by molar-refractivity contribution is -0.140. The van der Waals surface area contributed by atoms with Gasteiger partial charge in [0.05, 0.1) is 38.0 Å². The molecule has 256 valence electrons. The number of nitrogens with zero attached hydrogens (tertiary/aromatic N) is 1. The number of unbranched alkanes of at least 4 members (excludes halogenated alkanes) is 1. The molecule has 0 saturated heterocycles. The number of rotatable bonds is 15. The Morgan fingerprint density at radius 2 is 1.50 bits per heavy atom. The van der Waals surface area contributed by atoms with Crippen LogP contribution in [0.5, 0.6) is 0 Å². The molecule has 48 heavy (non-hydrogen) atoms. The van der Waals surface area contributed by atoms with Crippen molar-refractivity contribution >= 4 is 26.3 Å². The molecule has 0 aromatic heterocycles. The first-order valence-corrected chi connectivity index (χ1v) is 20.3. The van der Waals surface area contributed by atoms with Crippen molar-refractivity contribution in [2.24, 2.45) is 5.92 Å². The first kappa shape index (κ1) is 36.6. The monoisotopic (exact) mass is 671 g/mol. The Hall–Kier alpha value is -4.21. The summed E-state index contributed by atoms with van der Waals surface area (Å²) in [5.74, 6) is -0.831. The van der Waals surface area contributed by atoms with E-state index in [9.17, 15) is 14.4 Å². The van der Waals surface area contributed by atoms with E-state index in [1.807, 2.05) is 28.8 Å². The minimum atomic E-state index is -2.36. The van der Waals surface area contributed by atoms with E-state index in [2.05, 4.69) is 68.2 Å². The second-order valence-electron chi connectivity index (χ2n) is 13.0. The van der Waals surface area contributed by atoms with Crippen molar-refractivity contribution in [1.82, 2.24) is 4.57 Å². The molecule has 1 aliphatic rings. The Morgan fingerprint density at radius 3 is 2.12 bits per heavy atom. The molecular weight excluding hydrogens is 623 g/mol. The Kier molecular flexibility index (Phi) is 13.6. The topological polar surface area (TPSA) is 91.4 Å². The first-order chi connectivity index (χ1) is 23.1. The van der Waals surface area contributed by atoms with Gasteiger partial charge in [0.1, 0.15) is 6.10 Å². The smallest absolute Gasteiger partial charge is 0.401 e. The summed E-state index contributed by atoms with van der Waals surface area (Å²) in [6.45, 7) is 8.71. The summed E-state index contributed by atoms with van der Waals surface area (Å²) < 4.78 is 25.2. The van der Waals surface area contributed by atoms with E-state index < -0.39 is 32.4 Å². The Balaban J connectivity index is 1.62. The molecule has 1 fully saturated rings. The average Bonchev–Trinajstić information content (AvgIpc) is 3.41. The number of allylic oxidation sites excluding steroid dienone is 2. The number of amides is 1. The van der Waals surface area contributed by atoms with Gasteiger partial charge in [0.15, 0.2) is 8.24 Å². The lowest BCUT2D eigenvalue weighted by Crippen LogP contribution is -2.60. The van der Waals surface area contributed by atoms with Crippen LogP contribution in [-0.4, -0.2) is 62.8 Å². The molecule has 0 spiro atoms. The highest BCUT2D eigenvalue weighted by Crippen LogP contribution is 2.40. The molecule has 0 bridgehead atoms. The maximum absolute atomic E-state index is 13.7. The highest BCUT2D eigenvalue weighted by atomic mass is 28.3. The first-order valence-electron chi connectivity index (χ1n) is 16.8. The normalized spacial score (nSPS) is 19.2. The molecule has 0 N–H and O–H groups in total. The predicted octanol–water partition coefficient (Wildman–Crippen LogP) is 8.44. The maximum atomic E-state index is 13.7. The molecule has 1 saturated carbocycles. The summed E-state index contributed by atoms with van der Waals surface area (Å²) in [4.78, 5) is 38.7. The minimum absolute atomic E-state index is 0.171. The summed E-state index contributed by atoms with van der Waals surface area (Å²) >= 11 is 0. The summed E-state index contributed by atoms with van der Waals surface area (Å²) in [6, 6.07) is 27.0. The molecule has 1 amide bonds. The summed E-state index contributed by atoms with van der Waals surface area (Å²) in [5, 5.41) is 0. The van der Waals surface area contributed by atoms with E-state index in [-0.39, 0.29) is 24.6 Å². The van der Waals surface area contributed by atoms with E-state index in [1.165, 1.54) is 7.11 Å². The van der Waals surface area contributed by atoms with E-state index in [1.54, 1.807) is 31.2 Å². The maximum Gasteiger partial charge on any atom is 0.401 e. The predicted molar refractivity (Wildman–Crippen MR) is 190 cm³/mol. The third kappa shape index (κ3) is 10.1. The van der Waals surface area contributed by atoms with Crippen molar-refractivity contribution in [3.8, 4) is 11.1 Å². The van der Waals surface area contributed by atoms with Gasteiger partial charge in [0, 0.05) is 18.8 Å². The third-order valence-electron chi connectivity index (χ3n) is 8.59. The Labute approximate surface area is 286 Å². The van der Waals surface area contributed by atoms with E-state index >= 15 is 0 Å². The molecule has 4 atom stereocenters. The van der Waals surface area contributed by atoms with Gasteiger partial charge in [-0.25, -0.2) is 9.59 Å². The van der Waals surface area contributed by atoms with Gasteiger partial charge in [-0.15, -0.1) is 0 Å². The number of carbonyl (C=O) groups excluding carboxylic acids is 3. The van der Waals surface area contributed by atoms with Crippen LogP contribution in [0.2, 0.25) is 19.6 Å². The van der Waals surface area contributed by atoms with Crippen molar-refractivity contribution in [3.63, 3.8) is 0 Å². The number of methoxy groups -OCH3 is 1. The van der Waals surface area contributed by atoms with Crippen LogP contribution < -0.4 is 0 Å². The van der Waals surface area contributed by atoms with Crippen molar-refractivity contribution < 1.29 is 33.3 Å². The zero-order valence-electron chi connectivity index (χ0n) is 28.8. The van der Waals surface area contributed by atoms with E-state index in [4.69, 9.17) is 18.9 Å². The number of hydrogen-bond donors (Lipinski definition) is 0. The number of hydrogen-bond acceptors (Lipinski definition) is 7. The Bertz CT molecular complexity index is 1490. The van der Waals surface area contributed by atoms with Gasteiger partial charge in [-0.3, -0.25) is 4.79 Å². The van der Waals surface area contributed by atoms with Crippen LogP contribution in [0.1, 0.15) is 54.9 Å². The fraction of sp³-hybridized carbons (Fsp3) is 0.410. The summed E-state index contributed by atoms with van der Waals surface area (Å²) in [6.07, 6.45) is 5.64. The number of esters is 2. The van der Waals surface area contributed by atoms with Gasteiger partial charge in [-0.2, -0.15) is 0 Å². The zero-order valence-corrected chi connectivity index (χ0v) is 29.8. The highest BCUT2D eigenvalue weighted by molar-refractivity contribution is 6.75. The SMILES string of the molecule is CCOC(=O)N([C@@H]1[C@@H](C/C=C\CCCC(=O)OC)[C@@H](OCc2ccc(-c3ccccc3)cc2)C[C@H]1OC(=O)c1ccccc1)[Si](C)(C)C. The molecule has 8 nitrogen and oxygen atoms in total. The molecule has 0 heterocycles. The van der Waals surface area contributed by atoms with Crippen molar-refractivity contribution in [2.75, 3.05) is 13.7 Å². The molecule has 9 heteroatoms. The largest absolute Gasteiger partial charge is 0.469 e. The summed E-state index contributed by atoms with van der Waals surface area (Å²) in [7, 11) is -0.968. The number of ether oxygens (including phenoxy) is 4. The van der Waals surface area contributed by atoms with Crippen LogP contribution >= 0.6 is 0 Å². The van der Waals surface area contributed by atoms with Crippen LogP contribution in [-0.2, 0) is 30.3 Å². The second-order valence-corrected chi connectivity index (χ2v) is 17.9. The van der Waals surface area contributed by atoms with Crippen LogP contribution in [0.15, 0.2) is 97.1 Å². The fourth-order valence-corrected chi connectivity index (χ4v) is 8.14. The van der Waals surface area contributed by atoms with E-state index in [0.717, 1.165) is 16.7 Å². The van der Waals surface area contributed by atoms with Gasteiger partial charge in [0.2, 0.25) is 0 Å². The van der Waals surface area contributed by atoms with Crippen molar-refractivity contribution in [3.05, 3.63) is 108 Å². The third-order valence-corrected chi connectivity index (χ3v) is 10.5. The summed E-state index contributed by atoms with van der Waals surface area (Å²) in [5.41, 5.74) is 3.76. The Morgan fingerprint density at radius 1 is 0.854 bits per heavy atom. The minimum Gasteiger partial charge on any atom is -0.469 e. The number of carbonyl (C=O) groups is 3. The van der Waals surface area contributed by atoms with Crippen LogP contribution in [0.4, 0.5) is 4.79 Å². The molecular formula is C39H49NO7Si. The molecule has 1 aliphatic carbocycles. The molecule has 3 aromatic carbocycles. The fourth-order valence-electron chi connectivity index (χ4n) is 6.28.